The summed E-state index contributed by atoms with van der Waals surface area (Å²) in [5.41, 5.74) is 1.11. The molecule has 3 rings (SSSR count). The monoisotopic (exact) mass is 246 g/mol. The van der Waals surface area contributed by atoms with Gasteiger partial charge in [0.15, 0.2) is 0 Å². The predicted octanol–water partition coefficient (Wildman–Crippen LogP) is 4.29. The SMILES string of the molecule is CC1CCCC(Nc2snc3ccccc23)C1. The number of fused-ring (bicyclic) bond motifs is 1. The zero-order valence-electron chi connectivity index (χ0n) is 10.1. The van der Waals surface area contributed by atoms with Gasteiger partial charge in [-0.15, -0.1) is 0 Å². The molecular formula is C14H18N2S. The van der Waals surface area contributed by atoms with Crippen LogP contribution in [0.25, 0.3) is 10.9 Å². The highest BCUT2D eigenvalue weighted by molar-refractivity contribution is 7.11. The van der Waals surface area contributed by atoms with Crippen molar-refractivity contribution in [2.24, 2.45) is 5.92 Å². The first-order valence-corrected chi connectivity index (χ1v) is 7.21. The van der Waals surface area contributed by atoms with Crippen LogP contribution in [0.15, 0.2) is 24.3 Å². The Balaban J connectivity index is 1.80. The van der Waals surface area contributed by atoms with Gasteiger partial charge in [-0.25, -0.2) is 0 Å². The van der Waals surface area contributed by atoms with Gasteiger partial charge in [0.2, 0.25) is 0 Å². The summed E-state index contributed by atoms with van der Waals surface area (Å²) in [5, 5.41) is 6.21. The van der Waals surface area contributed by atoms with Crippen molar-refractivity contribution in [3.8, 4) is 0 Å². The summed E-state index contributed by atoms with van der Waals surface area (Å²) in [6.07, 6.45) is 5.35. The van der Waals surface area contributed by atoms with E-state index in [4.69, 9.17) is 0 Å². The molecule has 3 heteroatoms. The first-order chi connectivity index (χ1) is 8.33. The van der Waals surface area contributed by atoms with Crippen LogP contribution in [0.1, 0.15) is 32.6 Å². The zero-order chi connectivity index (χ0) is 11.7. The molecule has 17 heavy (non-hydrogen) atoms. The predicted molar refractivity (Wildman–Crippen MR) is 74.7 cm³/mol. The van der Waals surface area contributed by atoms with E-state index in [-0.39, 0.29) is 0 Å². The van der Waals surface area contributed by atoms with Gasteiger partial charge in [0, 0.05) is 11.4 Å². The maximum Gasteiger partial charge on any atom is 0.117 e. The maximum atomic E-state index is 4.48. The fourth-order valence-electron chi connectivity index (χ4n) is 2.74. The average molecular weight is 246 g/mol. The Bertz CT molecular complexity index is 506. The molecule has 0 aliphatic heterocycles. The molecule has 1 fully saturated rings. The molecule has 1 N–H and O–H groups in total. The van der Waals surface area contributed by atoms with E-state index in [0.717, 1.165) is 11.4 Å². The first kappa shape index (κ1) is 11.0. The first-order valence-electron chi connectivity index (χ1n) is 6.44. The fourth-order valence-corrected chi connectivity index (χ4v) is 3.58. The molecule has 1 aliphatic rings. The van der Waals surface area contributed by atoms with E-state index in [2.05, 4.69) is 40.9 Å². The minimum absolute atomic E-state index is 0.641. The quantitative estimate of drug-likeness (QED) is 0.855. The number of nitrogens with zero attached hydrogens (tertiary/aromatic N) is 1. The summed E-state index contributed by atoms with van der Waals surface area (Å²) in [6, 6.07) is 9.02. The molecule has 2 unspecified atom stereocenters. The van der Waals surface area contributed by atoms with Crippen molar-refractivity contribution in [1.82, 2.24) is 4.37 Å². The Kier molecular flexibility index (Phi) is 3.02. The molecule has 1 aromatic carbocycles. The van der Waals surface area contributed by atoms with Crippen LogP contribution in [0.2, 0.25) is 0 Å². The van der Waals surface area contributed by atoms with Gasteiger partial charge in [-0.3, -0.25) is 0 Å². The molecule has 1 saturated carbocycles. The number of aromatic nitrogens is 1. The molecule has 0 amide bonds. The van der Waals surface area contributed by atoms with Crippen molar-refractivity contribution in [3.63, 3.8) is 0 Å². The third-order valence-electron chi connectivity index (χ3n) is 3.66. The fraction of sp³-hybridized carbons (Fsp3) is 0.500. The molecule has 0 radical (unpaired) electrons. The van der Waals surface area contributed by atoms with Crippen molar-refractivity contribution < 1.29 is 0 Å². The molecular weight excluding hydrogens is 228 g/mol. The van der Waals surface area contributed by atoms with Gasteiger partial charge in [-0.05, 0) is 42.4 Å². The van der Waals surface area contributed by atoms with E-state index >= 15 is 0 Å². The summed E-state index contributed by atoms with van der Waals surface area (Å²) in [6.45, 7) is 2.36. The number of hydrogen-bond donors (Lipinski definition) is 1. The number of benzene rings is 1. The highest BCUT2D eigenvalue weighted by Crippen LogP contribution is 2.31. The molecule has 2 atom stereocenters. The molecule has 1 heterocycles. The molecule has 0 bridgehead atoms. The largest absolute Gasteiger partial charge is 0.372 e. The standard InChI is InChI=1S/C14H18N2S/c1-10-5-4-6-11(9-10)15-14-12-7-2-3-8-13(12)16-17-14/h2-3,7-8,10-11,15H,4-6,9H2,1H3. The minimum Gasteiger partial charge on any atom is -0.372 e. The van der Waals surface area contributed by atoms with E-state index in [0.29, 0.717) is 6.04 Å². The number of anilines is 1. The van der Waals surface area contributed by atoms with Gasteiger partial charge in [0.1, 0.15) is 5.00 Å². The molecule has 1 aliphatic carbocycles. The summed E-state index contributed by atoms with van der Waals surface area (Å²) in [4.78, 5) is 0. The zero-order valence-corrected chi connectivity index (χ0v) is 11.0. The molecule has 0 saturated heterocycles. The Labute approximate surface area is 106 Å². The second-order valence-electron chi connectivity index (χ2n) is 5.14. The summed E-state index contributed by atoms with van der Waals surface area (Å²) in [5.74, 6) is 0.862. The normalized spacial score (nSPS) is 25.0. The van der Waals surface area contributed by atoms with Crippen LogP contribution in [0.3, 0.4) is 0 Å². The summed E-state index contributed by atoms with van der Waals surface area (Å²) in [7, 11) is 0. The van der Waals surface area contributed by atoms with Crippen LogP contribution < -0.4 is 5.32 Å². The lowest BCUT2D eigenvalue weighted by Gasteiger charge is -2.27. The van der Waals surface area contributed by atoms with Crippen LogP contribution in [0.4, 0.5) is 5.00 Å². The molecule has 2 nitrogen and oxygen atoms in total. The van der Waals surface area contributed by atoms with Crippen LogP contribution in [-0.4, -0.2) is 10.4 Å². The highest BCUT2D eigenvalue weighted by Gasteiger charge is 2.19. The summed E-state index contributed by atoms with van der Waals surface area (Å²) < 4.78 is 4.48. The van der Waals surface area contributed by atoms with Crippen molar-refractivity contribution in [2.75, 3.05) is 5.32 Å². The lowest BCUT2D eigenvalue weighted by molar-refractivity contribution is 0.359. The van der Waals surface area contributed by atoms with Gasteiger partial charge in [0.25, 0.3) is 0 Å². The van der Waals surface area contributed by atoms with Crippen molar-refractivity contribution in [3.05, 3.63) is 24.3 Å². The third-order valence-corrected chi connectivity index (χ3v) is 4.46. The van der Waals surface area contributed by atoms with E-state index in [1.807, 2.05) is 0 Å². The van der Waals surface area contributed by atoms with E-state index in [9.17, 15) is 0 Å². The van der Waals surface area contributed by atoms with E-state index in [1.54, 1.807) is 11.5 Å². The second-order valence-corrected chi connectivity index (χ2v) is 5.92. The molecule has 2 aromatic rings. The average Bonchev–Trinajstić information content (AvgIpc) is 2.73. The van der Waals surface area contributed by atoms with Gasteiger partial charge in [-0.2, -0.15) is 4.37 Å². The molecule has 1 aromatic heterocycles. The smallest absolute Gasteiger partial charge is 0.117 e. The summed E-state index contributed by atoms with van der Waals surface area (Å²) >= 11 is 1.60. The Morgan fingerprint density at radius 2 is 2.18 bits per heavy atom. The van der Waals surface area contributed by atoms with E-state index < -0.39 is 0 Å². The second kappa shape index (κ2) is 4.65. The van der Waals surface area contributed by atoms with Crippen LogP contribution in [-0.2, 0) is 0 Å². The van der Waals surface area contributed by atoms with Crippen LogP contribution in [0.5, 0.6) is 0 Å². The Morgan fingerprint density at radius 1 is 1.29 bits per heavy atom. The number of nitrogens with one attached hydrogen (secondary N) is 1. The van der Waals surface area contributed by atoms with Crippen molar-refractivity contribution in [2.45, 2.75) is 38.6 Å². The van der Waals surface area contributed by atoms with Gasteiger partial charge >= 0.3 is 0 Å². The lowest BCUT2D eigenvalue weighted by Crippen LogP contribution is -2.25. The maximum absolute atomic E-state index is 4.48. The lowest BCUT2D eigenvalue weighted by atomic mass is 9.87. The van der Waals surface area contributed by atoms with E-state index in [1.165, 1.54) is 36.1 Å². The highest BCUT2D eigenvalue weighted by atomic mass is 32.1. The van der Waals surface area contributed by atoms with Crippen LogP contribution >= 0.6 is 11.5 Å². The topological polar surface area (TPSA) is 24.9 Å². The van der Waals surface area contributed by atoms with Gasteiger partial charge < -0.3 is 5.32 Å². The Morgan fingerprint density at radius 3 is 3.06 bits per heavy atom. The van der Waals surface area contributed by atoms with Crippen molar-refractivity contribution in [1.29, 1.82) is 0 Å². The van der Waals surface area contributed by atoms with Gasteiger partial charge in [0.05, 0.1) is 5.52 Å². The van der Waals surface area contributed by atoms with Crippen LogP contribution in [0, 0.1) is 5.92 Å². The number of hydrogen-bond acceptors (Lipinski definition) is 3. The molecule has 0 spiro atoms. The van der Waals surface area contributed by atoms with Gasteiger partial charge in [-0.1, -0.05) is 31.9 Å². The number of rotatable bonds is 2. The molecule has 90 valence electrons. The minimum atomic E-state index is 0.641. The Hall–Kier alpha value is -1.09. The third kappa shape index (κ3) is 2.29. The van der Waals surface area contributed by atoms with Crippen molar-refractivity contribution >= 4 is 27.4 Å².